The first-order valence-corrected chi connectivity index (χ1v) is 8.01. The van der Waals surface area contributed by atoms with E-state index in [1.807, 2.05) is 6.92 Å². The van der Waals surface area contributed by atoms with Crippen LogP contribution < -0.4 is 5.73 Å². The molecular formula is C16H31N3O. The smallest absolute Gasteiger partial charge is 0.0831 e. The highest BCUT2D eigenvalue weighted by molar-refractivity contribution is 5.13. The molecule has 0 aliphatic rings. The molecule has 1 aromatic heterocycles. The van der Waals surface area contributed by atoms with Crippen LogP contribution in [0.4, 0.5) is 0 Å². The van der Waals surface area contributed by atoms with Gasteiger partial charge in [0.15, 0.2) is 0 Å². The zero-order valence-corrected chi connectivity index (χ0v) is 13.8. The van der Waals surface area contributed by atoms with Gasteiger partial charge in [0.1, 0.15) is 0 Å². The summed E-state index contributed by atoms with van der Waals surface area (Å²) in [5, 5.41) is 4.60. The average Bonchev–Trinajstić information content (AvgIpc) is 2.86. The Labute approximate surface area is 123 Å². The Bertz CT molecular complexity index is 396. The van der Waals surface area contributed by atoms with Crippen LogP contribution in [0.5, 0.6) is 0 Å². The van der Waals surface area contributed by atoms with Crippen molar-refractivity contribution in [3.8, 4) is 0 Å². The highest BCUT2D eigenvalue weighted by atomic mass is 16.5. The quantitative estimate of drug-likeness (QED) is 0.757. The lowest BCUT2D eigenvalue weighted by molar-refractivity contribution is -0.0636. The third-order valence-electron chi connectivity index (χ3n) is 4.31. The summed E-state index contributed by atoms with van der Waals surface area (Å²) in [5.41, 5.74) is 8.65. The third kappa shape index (κ3) is 3.61. The second-order valence-electron chi connectivity index (χ2n) is 5.31. The fraction of sp³-hybridized carbons (Fsp3) is 0.812. The molecule has 0 amide bonds. The van der Waals surface area contributed by atoms with E-state index in [-0.39, 0.29) is 11.6 Å². The van der Waals surface area contributed by atoms with Gasteiger partial charge in [-0.25, -0.2) is 0 Å². The van der Waals surface area contributed by atoms with Gasteiger partial charge in [0.25, 0.3) is 0 Å². The largest absolute Gasteiger partial charge is 0.374 e. The zero-order chi connectivity index (χ0) is 15.2. The number of aromatic nitrogens is 2. The first kappa shape index (κ1) is 17.2. The van der Waals surface area contributed by atoms with E-state index in [0.717, 1.165) is 37.9 Å². The fourth-order valence-electron chi connectivity index (χ4n) is 2.91. The van der Waals surface area contributed by atoms with E-state index in [1.54, 1.807) is 0 Å². The summed E-state index contributed by atoms with van der Waals surface area (Å²) in [7, 11) is 0. The van der Waals surface area contributed by atoms with Gasteiger partial charge in [-0.3, -0.25) is 4.68 Å². The molecular weight excluding hydrogens is 250 g/mol. The molecule has 116 valence electrons. The van der Waals surface area contributed by atoms with E-state index in [2.05, 4.69) is 43.5 Å². The highest BCUT2D eigenvalue weighted by Gasteiger charge is 2.34. The Balaban J connectivity index is 2.92. The number of hydrogen-bond donors (Lipinski definition) is 1. The Hall–Kier alpha value is -0.870. The van der Waals surface area contributed by atoms with Gasteiger partial charge in [-0.15, -0.1) is 0 Å². The maximum Gasteiger partial charge on any atom is 0.0831 e. The molecule has 2 N–H and O–H groups in total. The first-order valence-electron chi connectivity index (χ1n) is 8.01. The van der Waals surface area contributed by atoms with Gasteiger partial charge in [-0.2, -0.15) is 5.10 Å². The zero-order valence-electron chi connectivity index (χ0n) is 13.8. The first-order chi connectivity index (χ1) is 9.56. The van der Waals surface area contributed by atoms with E-state index in [9.17, 15) is 0 Å². The maximum atomic E-state index is 6.50. The fourth-order valence-corrected chi connectivity index (χ4v) is 2.91. The molecule has 1 unspecified atom stereocenters. The Morgan fingerprint density at radius 3 is 2.35 bits per heavy atom. The van der Waals surface area contributed by atoms with Crippen molar-refractivity contribution in [2.24, 2.45) is 5.73 Å². The predicted molar refractivity (Wildman–Crippen MR) is 83.9 cm³/mol. The Kier molecular flexibility index (Phi) is 6.69. The Morgan fingerprint density at radius 2 is 1.90 bits per heavy atom. The summed E-state index contributed by atoms with van der Waals surface area (Å²) in [6.07, 6.45) is 3.68. The summed E-state index contributed by atoms with van der Waals surface area (Å²) in [6, 6.07) is 2.19. The number of nitrogens with two attached hydrogens (primary N) is 1. The molecule has 0 aliphatic heterocycles. The van der Waals surface area contributed by atoms with Crippen molar-refractivity contribution in [3.63, 3.8) is 0 Å². The van der Waals surface area contributed by atoms with Crippen LogP contribution in [-0.4, -0.2) is 28.0 Å². The summed E-state index contributed by atoms with van der Waals surface area (Å²) in [6.45, 7) is 12.2. The number of rotatable bonds is 9. The molecule has 4 heteroatoms. The summed E-state index contributed by atoms with van der Waals surface area (Å²) < 4.78 is 8.08. The van der Waals surface area contributed by atoms with Gasteiger partial charge < -0.3 is 10.5 Å². The number of aryl methyl sites for hydroxylation is 2. The lowest BCUT2D eigenvalue weighted by Gasteiger charge is -2.37. The van der Waals surface area contributed by atoms with Crippen molar-refractivity contribution in [1.29, 1.82) is 0 Å². The molecule has 1 atom stereocenters. The van der Waals surface area contributed by atoms with Crippen LogP contribution in [0.1, 0.15) is 58.8 Å². The van der Waals surface area contributed by atoms with Crippen LogP contribution in [0.15, 0.2) is 6.07 Å². The van der Waals surface area contributed by atoms with Gasteiger partial charge in [0, 0.05) is 31.3 Å². The summed E-state index contributed by atoms with van der Waals surface area (Å²) in [4.78, 5) is 0. The molecule has 1 rings (SSSR count). The number of hydrogen-bond acceptors (Lipinski definition) is 3. The maximum absolute atomic E-state index is 6.50. The molecule has 0 aliphatic carbocycles. The van der Waals surface area contributed by atoms with Gasteiger partial charge >= 0.3 is 0 Å². The van der Waals surface area contributed by atoms with Gasteiger partial charge in [0.05, 0.1) is 11.3 Å². The molecule has 0 fully saturated rings. The summed E-state index contributed by atoms with van der Waals surface area (Å²) in [5.74, 6) is 0. The van der Waals surface area contributed by atoms with E-state index in [4.69, 9.17) is 10.5 Å². The molecule has 0 spiro atoms. The van der Waals surface area contributed by atoms with E-state index in [1.165, 1.54) is 5.69 Å². The molecule has 0 aromatic carbocycles. The van der Waals surface area contributed by atoms with Gasteiger partial charge in [-0.05, 0) is 39.2 Å². The standard InChI is InChI=1S/C16H31N3O/c1-6-13-11-14(19(9-4)18-13)12-15(17)16(7-2,8-3)20-10-5/h11,15H,6-10,12,17H2,1-5H3. The number of ether oxygens (including phenoxy) is 1. The molecule has 1 aromatic rings. The molecule has 0 saturated heterocycles. The highest BCUT2D eigenvalue weighted by Crippen LogP contribution is 2.26. The van der Waals surface area contributed by atoms with Crippen molar-refractivity contribution in [2.45, 2.75) is 78.5 Å². The lowest BCUT2D eigenvalue weighted by atomic mass is 9.86. The van der Waals surface area contributed by atoms with Crippen LogP contribution in [0.25, 0.3) is 0 Å². The normalized spacial score (nSPS) is 13.7. The minimum atomic E-state index is -0.218. The van der Waals surface area contributed by atoms with E-state index >= 15 is 0 Å². The van der Waals surface area contributed by atoms with Crippen LogP contribution in [-0.2, 0) is 24.1 Å². The Morgan fingerprint density at radius 1 is 1.25 bits per heavy atom. The molecule has 0 radical (unpaired) electrons. The van der Waals surface area contributed by atoms with Gasteiger partial charge in [-0.1, -0.05) is 20.8 Å². The van der Waals surface area contributed by atoms with Gasteiger partial charge in [0.2, 0.25) is 0 Å². The molecule has 20 heavy (non-hydrogen) atoms. The second kappa shape index (κ2) is 7.79. The molecule has 0 saturated carbocycles. The van der Waals surface area contributed by atoms with E-state index in [0.29, 0.717) is 6.61 Å². The third-order valence-corrected chi connectivity index (χ3v) is 4.31. The van der Waals surface area contributed by atoms with Crippen LogP contribution in [0.2, 0.25) is 0 Å². The lowest BCUT2D eigenvalue weighted by Crippen LogP contribution is -2.50. The van der Waals surface area contributed by atoms with E-state index < -0.39 is 0 Å². The monoisotopic (exact) mass is 281 g/mol. The molecule has 4 nitrogen and oxygen atoms in total. The second-order valence-corrected chi connectivity index (χ2v) is 5.31. The van der Waals surface area contributed by atoms with Crippen molar-refractivity contribution < 1.29 is 4.74 Å². The molecule has 0 bridgehead atoms. The van der Waals surface area contributed by atoms with Crippen molar-refractivity contribution in [3.05, 3.63) is 17.5 Å². The van der Waals surface area contributed by atoms with Crippen LogP contribution in [0, 0.1) is 0 Å². The number of nitrogens with zero attached hydrogens (tertiary/aromatic N) is 2. The summed E-state index contributed by atoms with van der Waals surface area (Å²) >= 11 is 0. The van der Waals surface area contributed by atoms with Crippen molar-refractivity contribution in [1.82, 2.24) is 9.78 Å². The minimum Gasteiger partial charge on any atom is -0.374 e. The molecule has 1 heterocycles. The van der Waals surface area contributed by atoms with Crippen LogP contribution >= 0.6 is 0 Å². The predicted octanol–water partition coefficient (Wildman–Crippen LogP) is 2.93. The van der Waals surface area contributed by atoms with Crippen molar-refractivity contribution >= 4 is 0 Å². The SMILES string of the molecule is CCOC(CC)(CC)C(N)Cc1cc(CC)nn1CC. The van der Waals surface area contributed by atoms with Crippen LogP contribution in [0.3, 0.4) is 0 Å². The minimum absolute atomic E-state index is 0.00385. The average molecular weight is 281 g/mol. The van der Waals surface area contributed by atoms with Crippen molar-refractivity contribution in [2.75, 3.05) is 6.61 Å². The topological polar surface area (TPSA) is 53.1 Å².